The second-order valence-electron chi connectivity index (χ2n) is 23.5. The second kappa shape index (κ2) is 33.3. The Morgan fingerprint density at radius 1 is 0.753 bits per heavy atom. The first-order valence-electron chi connectivity index (χ1n) is 29.7. The van der Waals surface area contributed by atoms with Crippen LogP contribution in [0.5, 0.6) is 5.75 Å². The molecule has 0 bridgehead atoms. The van der Waals surface area contributed by atoms with Crippen molar-refractivity contribution in [2.45, 2.75) is 160 Å². The number of ketones is 3. The highest BCUT2D eigenvalue weighted by atomic mass is 16.3. The molecule has 3 aromatic carbocycles. The number of carbonyl (C=O) groups is 11. The molecule has 2 heterocycles. The molecule has 0 spiro atoms. The average molecular weight is 1240 g/mol. The topological polar surface area (TPSA) is 430 Å². The number of benzene rings is 3. The number of fused-ring (bicyclic) bond motifs is 1. The Kier molecular flexibility index (Phi) is 26.5. The Morgan fingerprint density at radius 3 is 2.04 bits per heavy atom. The number of phenols is 1. The van der Waals surface area contributed by atoms with Gasteiger partial charge in [0.05, 0.1) is 42.2 Å². The molecule has 5 rings (SSSR count). The number of aromatic amines is 1. The number of para-hydroxylation sites is 1. The lowest BCUT2D eigenvalue weighted by atomic mass is 9.84. The van der Waals surface area contributed by atoms with E-state index in [1.54, 1.807) is 36.5 Å². The summed E-state index contributed by atoms with van der Waals surface area (Å²) in [6, 6.07) is 15.2. The highest BCUT2D eigenvalue weighted by Crippen LogP contribution is 2.26. The number of likely N-dealkylation sites (tertiary alicyclic amines) is 1. The molecule has 0 radical (unpaired) electrons. The number of nitrogens with two attached hydrogens (primary N) is 3. The molecule has 1 aliphatic heterocycles. The van der Waals surface area contributed by atoms with Crippen molar-refractivity contribution in [2.24, 2.45) is 39.9 Å². The van der Waals surface area contributed by atoms with Gasteiger partial charge in [0.15, 0.2) is 23.3 Å². The molecule has 10 atom stereocenters. The van der Waals surface area contributed by atoms with Crippen LogP contribution in [-0.2, 0) is 72.0 Å². The molecular weight excluding hydrogens is 1150 g/mol. The predicted molar refractivity (Wildman–Crippen MR) is 329 cm³/mol. The van der Waals surface area contributed by atoms with E-state index in [1.807, 2.05) is 38.1 Å². The lowest BCUT2D eigenvalue weighted by molar-refractivity contribution is -0.142. The summed E-state index contributed by atoms with van der Waals surface area (Å²) in [5.74, 6) is -11.1. The number of β-amino-alcohol motifs (C(OH)–C–C–N with tert-alkyl or cyclic N) is 1. The number of aliphatic hydroxyl groups excluding tert-OH is 2. The van der Waals surface area contributed by atoms with Gasteiger partial charge in [-0.25, -0.2) is 0 Å². The Balaban J connectivity index is 1.30. The van der Waals surface area contributed by atoms with Crippen LogP contribution in [0.15, 0.2) is 90.1 Å². The Bertz CT molecular complexity index is 3190. The minimum absolute atomic E-state index is 0.0384. The number of H-pyrrole nitrogens is 1. The number of amides is 8. The molecule has 0 aliphatic carbocycles. The Labute approximate surface area is 516 Å². The lowest BCUT2D eigenvalue weighted by Gasteiger charge is -2.33. The van der Waals surface area contributed by atoms with E-state index < -0.39 is 150 Å². The van der Waals surface area contributed by atoms with Crippen molar-refractivity contribution in [2.75, 3.05) is 20.1 Å². The van der Waals surface area contributed by atoms with E-state index in [-0.39, 0.29) is 69.1 Å². The van der Waals surface area contributed by atoms with Gasteiger partial charge < -0.3 is 74.3 Å². The molecule has 8 amide bonds. The zero-order chi connectivity index (χ0) is 65.7. The van der Waals surface area contributed by atoms with Crippen molar-refractivity contribution in [3.8, 4) is 5.75 Å². The standard InChI is InChI=1S/C63H86N12O14/c1-35(2)25-47(52(80)28-40(15-12-24-68-62(66)67-6)58(86)73-49(57(65)85)27-41-33-69-46-17-11-10-16-44(41)46)71-56(84)23-22-54(82)63(5,32-39-13-8-7-9-14-39)74-59(87)45(36(3)76)30-53(81)48(31-55(64)83)72-60(88)51-29-43(79)34-75(51)61(89)50(70-37(4)77)26-38-18-20-42(78)21-19-38/h7-11,13-14,16-21,33,35-36,40,43,45,47-51,69,76,78-79H,12,15,22-32,34H2,1-6H3,(H2,64,83)(H2,65,85)(H,70,77)(H,71,84)(H,72,88)(H,73,86)(H,74,87)(H3,66,67,68)/t36-,40-,43-,45+,47+,48+,49+,50-,51+,63+/m1/s1. The summed E-state index contributed by atoms with van der Waals surface area (Å²) in [4.78, 5) is 159. The number of rotatable bonds is 35. The van der Waals surface area contributed by atoms with Crippen LogP contribution in [0.2, 0.25) is 0 Å². The number of aliphatic hydroxyl groups is 2. The van der Waals surface area contributed by atoms with Crippen LogP contribution in [0.4, 0.5) is 0 Å². The number of hydrogen-bond donors (Lipinski definition) is 13. The fraction of sp³-hybridized carbons (Fsp3) is 0.492. The maximum atomic E-state index is 14.5. The van der Waals surface area contributed by atoms with Gasteiger partial charge in [0.25, 0.3) is 0 Å². The summed E-state index contributed by atoms with van der Waals surface area (Å²) in [5.41, 5.74) is 18.1. The van der Waals surface area contributed by atoms with Crippen molar-refractivity contribution in [1.82, 2.24) is 41.8 Å². The number of Topliss-reactive ketones (excluding diaryl/α,β-unsaturated/α-hetero) is 3. The highest BCUT2D eigenvalue weighted by molar-refractivity contribution is 6.00. The first-order valence-corrected chi connectivity index (χ1v) is 29.7. The number of nitrogens with one attached hydrogen (secondary N) is 7. The van der Waals surface area contributed by atoms with E-state index in [0.717, 1.165) is 21.4 Å². The molecule has 0 unspecified atom stereocenters. The molecule has 26 nitrogen and oxygen atoms in total. The number of aromatic hydroxyl groups is 1. The normalized spacial score (nSPS) is 17.1. The first kappa shape index (κ1) is 70.7. The van der Waals surface area contributed by atoms with Crippen LogP contribution in [0.3, 0.4) is 0 Å². The van der Waals surface area contributed by atoms with Crippen LogP contribution in [-0.4, -0.2) is 164 Å². The Hall–Kier alpha value is -9.04. The van der Waals surface area contributed by atoms with E-state index in [4.69, 9.17) is 17.2 Å². The fourth-order valence-electron chi connectivity index (χ4n) is 10.9. The number of primary amides is 2. The molecule has 4 aromatic rings. The quantitative estimate of drug-likeness (QED) is 0.0167. The van der Waals surface area contributed by atoms with Gasteiger partial charge >= 0.3 is 0 Å². The molecule has 16 N–H and O–H groups in total. The molecule has 482 valence electrons. The van der Waals surface area contributed by atoms with Crippen LogP contribution in [0.1, 0.15) is 109 Å². The molecule has 1 saturated heterocycles. The fourth-order valence-corrected chi connectivity index (χ4v) is 10.9. The first-order chi connectivity index (χ1) is 42.1. The van der Waals surface area contributed by atoms with Crippen LogP contribution in [0, 0.1) is 17.8 Å². The minimum Gasteiger partial charge on any atom is -0.508 e. The number of phenolic OH excluding ortho intramolecular Hbond substituents is 1. The number of aromatic nitrogens is 1. The molecule has 0 saturated carbocycles. The van der Waals surface area contributed by atoms with Crippen molar-refractivity contribution in [3.63, 3.8) is 0 Å². The van der Waals surface area contributed by atoms with Crippen LogP contribution >= 0.6 is 0 Å². The van der Waals surface area contributed by atoms with Gasteiger partial charge in [0, 0.05) is 101 Å². The Morgan fingerprint density at radius 2 is 1.42 bits per heavy atom. The van der Waals surface area contributed by atoms with Crippen molar-refractivity contribution in [1.29, 1.82) is 0 Å². The SMILES string of the molecule is CN=C(N)NCCC[C@H](CC(=O)[C@H](CC(C)C)NC(=O)CCC(=O)[C@](C)(Cc1ccccc1)NC(=O)[C@@H](CC(=O)[C@H](CC(N)=O)NC(=O)[C@@H]1C[C@@H](O)CN1C(=O)[C@@H](Cc1ccc(O)cc1)NC(C)=O)[C@@H](C)O)C(=O)N[C@@H](Cc1c[nH]c2ccccc12)C(N)=O. The third-order valence-electron chi connectivity index (χ3n) is 15.6. The lowest BCUT2D eigenvalue weighted by Crippen LogP contribution is -2.57. The van der Waals surface area contributed by atoms with Crippen molar-refractivity contribution >= 4 is 81.5 Å². The second-order valence-corrected chi connectivity index (χ2v) is 23.5. The number of aliphatic imine (C=N–C) groups is 1. The summed E-state index contributed by atoms with van der Waals surface area (Å²) >= 11 is 0. The van der Waals surface area contributed by atoms with E-state index in [0.29, 0.717) is 24.1 Å². The maximum Gasteiger partial charge on any atom is 0.246 e. The summed E-state index contributed by atoms with van der Waals surface area (Å²) in [6.07, 6.45) is -3.73. The average Bonchev–Trinajstić information content (AvgIpc) is 2.17. The zero-order valence-electron chi connectivity index (χ0n) is 51.2. The van der Waals surface area contributed by atoms with E-state index in [1.165, 1.54) is 52.1 Å². The molecule has 1 aromatic heterocycles. The summed E-state index contributed by atoms with van der Waals surface area (Å²) < 4.78 is 0. The van der Waals surface area contributed by atoms with Crippen molar-refractivity contribution in [3.05, 3.63) is 102 Å². The van der Waals surface area contributed by atoms with Gasteiger partial charge in [0.1, 0.15) is 23.9 Å². The van der Waals surface area contributed by atoms with Gasteiger partial charge in [-0.15, -0.1) is 0 Å². The van der Waals surface area contributed by atoms with Crippen LogP contribution < -0.4 is 49.1 Å². The number of guanidine groups is 1. The molecule has 26 heteroatoms. The van der Waals surface area contributed by atoms with E-state index in [9.17, 15) is 68.1 Å². The maximum absolute atomic E-state index is 14.5. The summed E-state index contributed by atoms with van der Waals surface area (Å²) in [6.45, 7) is 7.45. The minimum atomic E-state index is -1.81. The smallest absolute Gasteiger partial charge is 0.246 e. The predicted octanol–water partition coefficient (Wildman–Crippen LogP) is 0.299. The highest BCUT2D eigenvalue weighted by Gasteiger charge is 2.44. The van der Waals surface area contributed by atoms with Gasteiger partial charge in [-0.05, 0) is 73.9 Å². The van der Waals surface area contributed by atoms with Gasteiger partial charge in [-0.1, -0.05) is 74.5 Å². The van der Waals surface area contributed by atoms with Crippen LogP contribution in [0.25, 0.3) is 10.9 Å². The van der Waals surface area contributed by atoms with Gasteiger partial charge in [-0.2, -0.15) is 0 Å². The summed E-state index contributed by atoms with van der Waals surface area (Å²) in [5, 5.41) is 48.5. The third kappa shape index (κ3) is 21.7. The monoisotopic (exact) mass is 1230 g/mol. The molecule has 89 heavy (non-hydrogen) atoms. The number of hydrogen-bond acceptors (Lipinski definition) is 15. The zero-order valence-corrected chi connectivity index (χ0v) is 51.2. The molecular formula is C63H86N12O14. The molecule has 1 aliphatic rings. The van der Waals surface area contributed by atoms with Gasteiger partial charge in [0.2, 0.25) is 47.3 Å². The van der Waals surface area contributed by atoms with E-state index in [2.05, 4.69) is 41.9 Å². The van der Waals surface area contributed by atoms with E-state index >= 15 is 0 Å². The number of nitrogens with zero attached hydrogens (tertiary/aromatic N) is 2. The third-order valence-corrected chi connectivity index (χ3v) is 15.6. The largest absolute Gasteiger partial charge is 0.508 e. The molecule has 1 fully saturated rings. The number of carbonyl (C=O) groups excluding carboxylic acids is 11. The van der Waals surface area contributed by atoms with Gasteiger partial charge in [-0.3, -0.25) is 57.7 Å². The summed E-state index contributed by atoms with van der Waals surface area (Å²) in [7, 11) is 1.50. The van der Waals surface area contributed by atoms with Crippen molar-refractivity contribution < 1.29 is 68.1 Å².